The summed E-state index contributed by atoms with van der Waals surface area (Å²) in [5.41, 5.74) is 5.16. The number of nitrogens with one attached hydrogen (secondary N) is 1. The first-order chi connectivity index (χ1) is 13.0. The summed E-state index contributed by atoms with van der Waals surface area (Å²) in [5, 5.41) is 2.90. The van der Waals surface area contributed by atoms with Crippen LogP contribution in [0.1, 0.15) is 48.3 Å². The number of amides is 2. The number of thioether (sulfide) groups is 1. The molecular formula is C22H26N2O2S. The van der Waals surface area contributed by atoms with E-state index in [-0.39, 0.29) is 17.2 Å². The smallest absolute Gasteiger partial charge is 0.238 e. The highest BCUT2D eigenvalue weighted by molar-refractivity contribution is 8.00. The maximum absolute atomic E-state index is 12.6. The summed E-state index contributed by atoms with van der Waals surface area (Å²) < 4.78 is 0. The topological polar surface area (TPSA) is 49.4 Å². The molecule has 1 heterocycles. The molecule has 0 aliphatic carbocycles. The van der Waals surface area contributed by atoms with Crippen molar-refractivity contribution in [2.75, 3.05) is 16.0 Å². The number of carbonyl (C=O) groups excluding carboxylic acids is 2. The minimum Gasteiger partial charge on any atom is -0.326 e. The second kappa shape index (κ2) is 8.61. The summed E-state index contributed by atoms with van der Waals surface area (Å²) in [6, 6.07) is 13.9. The van der Waals surface area contributed by atoms with Crippen molar-refractivity contribution in [3.8, 4) is 0 Å². The predicted octanol–water partition coefficient (Wildman–Crippen LogP) is 5.21. The van der Waals surface area contributed by atoms with Crippen LogP contribution in [0.2, 0.25) is 0 Å². The molecule has 0 aromatic heterocycles. The Hall–Kier alpha value is -2.27. The van der Waals surface area contributed by atoms with Crippen LogP contribution in [0.3, 0.4) is 0 Å². The maximum atomic E-state index is 12.6. The summed E-state index contributed by atoms with van der Waals surface area (Å²) in [5.74, 6) is 0.663. The number of unbranched alkanes of at least 4 members (excludes halogenated alkanes) is 1. The van der Waals surface area contributed by atoms with Gasteiger partial charge in [0, 0.05) is 17.8 Å². The van der Waals surface area contributed by atoms with Crippen LogP contribution < -0.4 is 10.2 Å². The molecule has 1 N–H and O–H groups in total. The molecule has 1 saturated heterocycles. The van der Waals surface area contributed by atoms with Crippen LogP contribution in [0.5, 0.6) is 0 Å². The highest BCUT2D eigenvalue weighted by atomic mass is 32.2. The molecule has 1 fully saturated rings. The van der Waals surface area contributed by atoms with Crippen LogP contribution in [-0.4, -0.2) is 17.6 Å². The van der Waals surface area contributed by atoms with Gasteiger partial charge in [-0.2, -0.15) is 0 Å². The van der Waals surface area contributed by atoms with Crippen LogP contribution in [0.4, 0.5) is 11.4 Å². The van der Waals surface area contributed by atoms with Gasteiger partial charge in [0.2, 0.25) is 11.8 Å². The molecule has 2 aromatic carbocycles. The average molecular weight is 383 g/mol. The Balaban J connectivity index is 1.79. The van der Waals surface area contributed by atoms with Gasteiger partial charge in [-0.25, -0.2) is 0 Å². The second-order valence-electron chi connectivity index (χ2n) is 6.92. The molecule has 0 spiro atoms. The third kappa shape index (κ3) is 4.35. The van der Waals surface area contributed by atoms with E-state index in [0.717, 1.165) is 35.3 Å². The number of nitrogens with zero attached hydrogens (tertiary/aromatic N) is 1. The fourth-order valence-corrected chi connectivity index (χ4v) is 4.39. The van der Waals surface area contributed by atoms with Gasteiger partial charge in [0.25, 0.3) is 0 Å². The first-order valence-corrected chi connectivity index (χ1v) is 10.5. The number of benzene rings is 2. The molecule has 0 radical (unpaired) electrons. The summed E-state index contributed by atoms with van der Waals surface area (Å²) in [7, 11) is 0. The van der Waals surface area contributed by atoms with Gasteiger partial charge in [-0.05, 0) is 55.2 Å². The Morgan fingerprint density at radius 3 is 2.63 bits per heavy atom. The van der Waals surface area contributed by atoms with Crippen molar-refractivity contribution in [1.29, 1.82) is 0 Å². The van der Waals surface area contributed by atoms with Gasteiger partial charge in [-0.3, -0.25) is 14.5 Å². The lowest BCUT2D eigenvalue weighted by molar-refractivity contribution is -0.116. The molecule has 0 bridgehead atoms. The molecule has 27 heavy (non-hydrogen) atoms. The van der Waals surface area contributed by atoms with E-state index in [4.69, 9.17) is 0 Å². The van der Waals surface area contributed by atoms with Gasteiger partial charge in [0.05, 0.1) is 5.75 Å². The molecular weight excluding hydrogens is 356 g/mol. The number of hydrogen-bond donors (Lipinski definition) is 1. The molecule has 4 nitrogen and oxygen atoms in total. The van der Waals surface area contributed by atoms with Crippen LogP contribution >= 0.6 is 11.8 Å². The van der Waals surface area contributed by atoms with Crippen molar-refractivity contribution in [3.05, 3.63) is 59.2 Å². The number of anilines is 2. The van der Waals surface area contributed by atoms with E-state index in [2.05, 4.69) is 32.2 Å². The third-order valence-electron chi connectivity index (χ3n) is 4.94. The van der Waals surface area contributed by atoms with Crippen molar-refractivity contribution in [3.63, 3.8) is 0 Å². The number of hydrogen-bond acceptors (Lipinski definition) is 3. The summed E-state index contributed by atoms with van der Waals surface area (Å²) in [4.78, 5) is 26.4. The Morgan fingerprint density at radius 2 is 1.93 bits per heavy atom. The predicted molar refractivity (Wildman–Crippen MR) is 113 cm³/mol. The normalized spacial score (nSPS) is 16.6. The quantitative estimate of drug-likeness (QED) is 0.746. The zero-order valence-corrected chi connectivity index (χ0v) is 16.9. The Kier molecular flexibility index (Phi) is 6.22. The van der Waals surface area contributed by atoms with Gasteiger partial charge in [-0.1, -0.05) is 37.6 Å². The van der Waals surface area contributed by atoms with Crippen LogP contribution in [-0.2, 0) is 9.59 Å². The molecule has 5 heteroatoms. The van der Waals surface area contributed by atoms with Crippen molar-refractivity contribution in [1.82, 2.24) is 0 Å². The third-order valence-corrected chi connectivity index (χ3v) is 6.15. The fraction of sp³-hybridized carbons (Fsp3) is 0.364. The van der Waals surface area contributed by atoms with Gasteiger partial charge >= 0.3 is 0 Å². The maximum Gasteiger partial charge on any atom is 0.238 e. The molecule has 142 valence electrons. The lowest BCUT2D eigenvalue weighted by atomic mass is 10.1. The SMILES string of the molecule is CCCCC(=O)Nc1ccc([C@@H]2SCC(=O)N2c2cccc(C)c2C)cc1. The van der Waals surface area contributed by atoms with E-state index in [9.17, 15) is 9.59 Å². The molecule has 1 atom stereocenters. The first kappa shape index (κ1) is 19.5. The van der Waals surface area contributed by atoms with Crippen molar-refractivity contribution < 1.29 is 9.59 Å². The van der Waals surface area contributed by atoms with Gasteiger partial charge in [0.15, 0.2) is 0 Å². The summed E-state index contributed by atoms with van der Waals surface area (Å²) in [6.07, 6.45) is 2.45. The molecule has 2 aromatic rings. The van der Waals surface area contributed by atoms with E-state index in [1.165, 1.54) is 5.56 Å². The highest BCUT2D eigenvalue weighted by Gasteiger charge is 2.34. The van der Waals surface area contributed by atoms with Crippen LogP contribution in [0, 0.1) is 13.8 Å². The Morgan fingerprint density at radius 1 is 1.19 bits per heavy atom. The lowest BCUT2D eigenvalue weighted by Crippen LogP contribution is -2.28. The highest BCUT2D eigenvalue weighted by Crippen LogP contribution is 2.43. The Labute approximate surface area is 165 Å². The van der Waals surface area contributed by atoms with Crippen LogP contribution in [0.25, 0.3) is 0 Å². The van der Waals surface area contributed by atoms with Crippen molar-refractivity contribution >= 4 is 35.0 Å². The second-order valence-corrected chi connectivity index (χ2v) is 7.99. The van der Waals surface area contributed by atoms with E-state index in [1.807, 2.05) is 41.3 Å². The summed E-state index contributed by atoms with van der Waals surface area (Å²) >= 11 is 1.64. The van der Waals surface area contributed by atoms with Crippen molar-refractivity contribution in [2.24, 2.45) is 0 Å². The van der Waals surface area contributed by atoms with Gasteiger partial charge in [0.1, 0.15) is 5.37 Å². The molecule has 0 unspecified atom stereocenters. The average Bonchev–Trinajstić information content (AvgIpc) is 3.04. The monoisotopic (exact) mass is 382 g/mol. The van der Waals surface area contributed by atoms with Crippen molar-refractivity contribution in [2.45, 2.75) is 45.4 Å². The van der Waals surface area contributed by atoms with Gasteiger partial charge in [-0.15, -0.1) is 11.8 Å². The minimum atomic E-state index is -0.0390. The lowest BCUT2D eigenvalue weighted by Gasteiger charge is -2.26. The van der Waals surface area contributed by atoms with E-state index >= 15 is 0 Å². The first-order valence-electron chi connectivity index (χ1n) is 9.41. The minimum absolute atomic E-state index is 0.0390. The fourth-order valence-electron chi connectivity index (χ4n) is 3.22. The van der Waals surface area contributed by atoms with E-state index in [0.29, 0.717) is 12.2 Å². The number of carbonyl (C=O) groups is 2. The molecule has 1 aliphatic heterocycles. The molecule has 2 amide bonds. The largest absolute Gasteiger partial charge is 0.326 e. The molecule has 0 saturated carbocycles. The summed E-state index contributed by atoms with van der Waals surface area (Å²) in [6.45, 7) is 6.20. The zero-order valence-electron chi connectivity index (χ0n) is 16.1. The van der Waals surface area contributed by atoms with E-state index < -0.39 is 0 Å². The van der Waals surface area contributed by atoms with E-state index in [1.54, 1.807) is 11.8 Å². The Bertz CT molecular complexity index is 833. The van der Waals surface area contributed by atoms with Crippen LogP contribution in [0.15, 0.2) is 42.5 Å². The van der Waals surface area contributed by atoms with Gasteiger partial charge < -0.3 is 5.32 Å². The number of rotatable bonds is 6. The zero-order chi connectivity index (χ0) is 19.4. The molecule has 3 rings (SSSR count). The number of aryl methyl sites for hydroxylation is 1. The molecule has 1 aliphatic rings. The standard InChI is InChI=1S/C22H26N2O2S/c1-4-5-9-20(25)23-18-12-10-17(11-13-18)22-24(21(26)14-27-22)19-8-6-7-15(2)16(19)3/h6-8,10-13,22H,4-5,9,14H2,1-3H3,(H,23,25)/t22-/m0/s1.